The second-order valence-electron chi connectivity index (χ2n) is 4.78. The second kappa shape index (κ2) is 8.14. The van der Waals surface area contributed by atoms with Crippen LogP contribution in [0.15, 0.2) is 0 Å². The van der Waals surface area contributed by atoms with E-state index in [4.69, 9.17) is 19.4 Å². The highest BCUT2D eigenvalue weighted by Crippen LogP contribution is 2.66. The maximum Gasteiger partial charge on any atom is 0.490 e. The summed E-state index contributed by atoms with van der Waals surface area (Å²) in [4.78, 5) is 35.0. The summed E-state index contributed by atoms with van der Waals surface area (Å²) in [6.45, 7) is 1.28. The minimum Gasteiger partial charge on any atom is -0.390 e. The van der Waals surface area contributed by atoms with Crippen LogP contribution in [0.5, 0.6) is 0 Å². The highest BCUT2D eigenvalue weighted by molar-refractivity contribution is 7.66. The highest BCUT2D eigenvalue weighted by Gasteiger charge is 2.42. The van der Waals surface area contributed by atoms with E-state index in [0.29, 0.717) is 12.8 Å². The normalized spacial score (nSPS) is 30.8. The molecule has 12 nitrogen and oxygen atoms in total. The van der Waals surface area contributed by atoms with Crippen molar-refractivity contribution in [3.8, 4) is 0 Å². The third-order valence-electron chi connectivity index (χ3n) is 2.73. The molecular formula is C8H19O12P3. The Hall–Kier alpha value is 0.330. The third-order valence-corrected chi connectivity index (χ3v) is 6.53. The van der Waals surface area contributed by atoms with Crippen LogP contribution in [0, 0.1) is 0 Å². The van der Waals surface area contributed by atoms with E-state index in [1.54, 1.807) is 0 Å². The Bertz CT molecular complexity index is 530. The van der Waals surface area contributed by atoms with Crippen LogP contribution in [-0.2, 0) is 31.6 Å². The number of ether oxygens (including phenoxy) is 1. The Balaban J connectivity index is 2.54. The number of phosphoric acid groups is 3. The lowest BCUT2D eigenvalue weighted by molar-refractivity contribution is -0.0232. The van der Waals surface area contributed by atoms with Crippen molar-refractivity contribution in [2.75, 3.05) is 6.61 Å². The van der Waals surface area contributed by atoms with E-state index in [1.165, 1.54) is 0 Å². The molecule has 0 bridgehead atoms. The van der Waals surface area contributed by atoms with Gasteiger partial charge in [-0.15, -0.1) is 0 Å². The van der Waals surface area contributed by atoms with Crippen LogP contribution >= 0.6 is 23.5 Å². The lowest BCUT2D eigenvalue weighted by Gasteiger charge is -2.19. The molecule has 0 amide bonds. The molecule has 0 aromatic carbocycles. The fraction of sp³-hybridized carbons (Fsp3) is 1.00. The van der Waals surface area contributed by atoms with Gasteiger partial charge in [-0.2, -0.15) is 8.62 Å². The topological polar surface area (TPSA) is 189 Å². The molecule has 3 unspecified atom stereocenters. The van der Waals surface area contributed by atoms with E-state index >= 15 is 0 Å². The fourth-order valence-corrected chi connectivity index (χ4v) is 4.97. The van der Waals surface area contributed by atoms with Gasteiger partial charge < -0.3 is 29.4 Å². The van der Waals surface area contributed by atoms with Gasteiger partial charge in [0.15, 0.2) is 0 Å². The van der Waals surface area contributed by atoms with Crippen molar-refractivity contribution in [3.63, 3.8) is 0 Å². The van der Waals surface area contributed by atoms with Crippen LogP contribution in [0.2, 0.25) is 0 Å². The van der Waals surface area contributed by atoms with Gasteiger partial charge in [-0.25, -0.2) is 13.7 Å². The quantitative estimate of drug-likeness (QED) is 0.340. The molecule has 5 atom stereocenters. The monoisotopic (exact) mass is 400 g/mol. The van der Waals surface area contributed by atoms with Crippen LogP contribution in [-0.4, -0.2) is 49.6 Å². The van der Waals surface area contributed by atoms with Crippen molar-refractivity contribution in [1.29, 1.82) is 0 Å². The molecular weight excluding hydrogens is 381 g/mol. The first kappa shape index (κ1) is 21.4. The van der Waals surface area contributed by atoms with Gasteiger partial charge in [0.2, 0.25) is 0 Å². The fourth-order valence-electron chi connectivity index (χ4n) is 1.94. The van der Waals surface area contributed by atoms with Gasteiger partial charge in [-0.05, 0) is 6.42 Å². The number of aliphatic hydroxyl groups excluding tert-OH is 1. The molecule has 15 heteroatoms. The summed E-state index contributed by atoms with van der Waals surface area (Å²) in [5.74, 6) is 0. The highest BCUT2D eigenvalue weighted by atomic mass is 31.3. The Kier molecular flexibility index (Phi) is 7.56. The van der Waals surface area contributed by atoms with Gasteiger partial charge in [-0.3, -0.25) is 4.52 Å². The van der Waals surface area contributed by atoms with E-state index in [1.807, 2.05) is 6.92 Å². The van der Waals surface area contributed by atoms with Gasteiger partial charge in [0.1, 0.15) is 6.10 Å². The van der Waals surface area contributed by atoms with E-state index in [9.17, 15) is 23.7 Å². The average Bonchev–Trinajstić information content (AvgIpc) is 2.63. The summed E-state index contributed by atoms with van der Waals surface area (Å²) in [6.07, 6.45) is -0.374. The van der Waals surface area contributed by atoms with Gasteiger partial charge in [0.25, 0.3) is 0 Å². The molecule has 0 radical (unpaired) electrons. The van der Waals surface area contributed by atoms with Crippen molar-refractivity contribution >= 4 is 23.5 Å². The van der Waals surface area contributed by atoms with Crippen LogP contribution in [0.4, 0.5) is 0 Å². The molecule has 138 valence electrons. The molecule has 1 rings (SSSR count). The van der Waals surface area contributed by atoms with Gasteiger partial charge in [0.05, 0.1) is 18.8 Å². The van der Waals surface area contributed by atoms with Crippen molar-refractivity contribution in [2.24, 2.45) is 0 Å². The predicted octanol–water partition coefficient (Wildman–Crippen LogP) is 0.648. The van der Waals surface area contributed by atoms with E-state index in [2.05, 4.69) is 13.1 Å². The SMILES string of the molecule is CCC[C@H]1CC(O)[C@@H](COP(=O)(O)OP(=O)(O)OP(=O)(O)O)O1. The minimum absolute atomic E-state index is 0.246. The van der Waals surface area contributed by atoms with Crippen LogP contribution in [0.25, 0.3) is 0 Å². The number of phosphoric ester groups is 1. The first-order valence-electron chi connectivity index (χ1n) is 6.45. The standard InChI is InChI=1S/C8H19O12P3/c1-2-3-6-4-7(9)8(18-6)5-17-22(13,14)20-23(15,16)19-21(10,11)12/h6-9H,2-5H2,1H3,(H,13,14)(H,15,16)(H2,10,11,12)/t6-,7?,8+/m0/s1. The number of hydrogen-bond acceptors (Lipinski definition) is 8. The number of rotatable bonds is 9. The van der Waals surface area contributed by atoms with Gasteiger partial charge >= 0.3 is 23.5 Å². The molecule has 1 aliphatic heterocycles. The summed E-state index contributed by atoms with van der Waals surface area (Å²) in [6, 6.07) is 0. The average molecular weight is 400 g/mol. The largest absolute Gasteiger partial charge is 0.490 e. The summed E-state index contributed by atoms with van der Waals surface area (Å²) < 4.78 is 50.0. The molecule has 0 saturated carbocycles. The maximum absolute atomic E-state index is 11.5. The minimum atomic E-state index is -5.54. The smallest absolute Gasteiger partial charge is 0.390 e. The molecule has 1 fully saturated rings. The van der Waals surface area contributed by atoms with Crippen molar-refractivity contribution in [3.05, 3.63) is 0 Å². The second-order valence-corrected chi connectivity index (χ2v) is 9.19. The van der Waals surface area contributed by atoms with Crippen molar-refractivity contribution in [1.82, 2.24) is 0 Å². The van der Waals surface area contributed by atoms with Gasteiger partial charge in [0, 0.05) is 6.42 Å². The van der Waals surface area contributed by atoms with Crippen molar-refractivity contribution < 1.29 is 56.3 Å². The number of aliphatic hydroxyl groups is 1. The Labute approximate surface area is 131 Å². The Morgan fingerprint density at radius 2 is 1.70 bits per heavy atom. The Morgan fingerprint density at radius 1 is 1.09 bits per heavy atom. The zero-order valence-corrected chi connectivity index (χ0v) is 14.7. The van der Waals surface area contributed by atoms with E-state index in [0.717, 1.165) is 6.42 Å². The lowest BCUT2D eigenvalue weighted by atomic mass is 10.1. The third kappa shape index (κ3) is 8.31. The van der Waals surface area contributed by atoms with Crippen LogP contribution in [0.3, 0.4) is 0 Å². The summed E-state index contributed by atoms with van der Waals surface area (Å²) >= 11 is 0. The number of hydrogen-bond donors (Lipinski definition) is 5. The first-order valence-corrected chi connectivity index (χ1v) is 11.0. The zero-order chi connectivity index (χ0) is 17.9. The molecule has 23 heavy (non-hydrogen) atoms. The molecule has 1 aliphatic rings. The molecule has 1 heterocycles. The van der Waals surface area contributed by atoms with E-state index < -0.39 is 42.3 Å². The lowest BCUT2D eigenvalue weighted by Crippen LogP contribution is -2.26. The molecule has 0 aromatic heterocycles. The Morgan fingerprint density at radius 3 is 2.22 bits per heavy atom. The zero-order valence-electron chi connectivity index (χ0n) is 12.0. The molecule has 1 saturated heterocycles. The van der Waals surface area contributed by atoms with Crippen LogP contribution in [0.1, 0.15) is 26.2 Å². The molecule has 0 aromatic rings. The summed E-state index contributed by atoms with van der Waals surface area (Å²) in [5, 5.41) is 9.72. The predicted molar refractivity (Wildman–Crippen MR) is 74.0 cm³/mol. The van der Waals surface area contributed by atoms with Gasteiger partial charge in [-0.1, -0.05) is 13.3 Å². The maximum atomic E-state index is 11.5. The molecule has 0 aliphatic carbocycles. The summed E-state index contributed by atoms with van der Waals surface area (Å²) in [7, 11) is -16.2. The van der Waals surface area contributed by atoms with Crippen molar-refractivity contribution in [2.45, 2.75) is 44.5 Å². The van der Waals surface area contributed by atoms with E-state index in [-0.39, 0.29) is 6.10 Å². The molecule has 5 N–H and O–H groups in total. The summed E-state index contributed by atoms with van der Waals surface area (Å²) in [5.41, 5.74) is 0. The molecule has 0 spiro atoms. The van der Waals surface area contributed by atoms with Crippen LogP contribution < -0.4 is 0 Å². The first-order chi connectivity index (χ1) is 10.3.